The Morgan fingerprint density at radius 3 is 2.62 bits per heavy atom. The van der Waals surface area contributed by atoms with Gasteiger partial charge in [-0.25, -0.2) is 0 Å². The average molecular weight is 224 g/mol. The van der Waals surface area contributed by atoms with Crippen LogP contribution in [0, 0.1) is 17.8 Å². The molecule has 1 aliphatic carbocycles. The third kappa shape index (κ3) is 3.78. The summed E-state index contributed by atoms with van der Waals surface area (Å²) in [6.45, 7) is 5.30. The van der Waals surface area contributed by atoms with Gasteiger partial charge in [0.25, 0.3) is 0 Å². The third-order valence-electron chi connectivity index (χ3n) is 3.98. The van der Waals surface area contributed by atoms with Crippen LogP contribution < -0.4 is 10.6 Å². The summed E-state index contributed by atoms with van der Waals surface area (Å²) >= 11 is 0. The molecule has 0 aromatic carbocycles. The fourth-order valence-electron chi connectivity index (χ4n) is 2.53. The summed E-state index contributed by atoms with van der Waals surface area (Å²) in [7, 11) is 0. The lowest BCUT2D eigenvalue weighted by atomic mass is 9.94. The lowest BCUT2D eigenvalue weighted by molar-refractivity contribution is -0.122. The molecule has 1 amide bonds. The van der Waals surface area contributed by atoms with Crippen molar-refractivity contribution >= 4 is 5.91 Å². The standard InChI is InChI=1S/C13H24N2O/c1-10(12-2-3-12)9-15-13(16)8-11-4-6-14-7-5-11/h10-12,14H,2-9H2,1H3,(H,15,16). The van der Waals surface area contributed by atoms with E-state index in [2.05, 4.69) is 17.6 Å². The van der Waals surface area contributed by atoms with E-state index in [1.165, 1.54) is 12.8 Å². The van der Waals surface area contributed by atoms with Gasteiger partial charge >= 0.3 is 0 Å². The second kappa shape index (κ2) is 5.67. The second-order valence-electron chi connectivity index (χ2n) is 5.52. The van der Waals surface area contributed by atoms with Gasteiger partial charge in [0.15, 0.2) is 0 Å². The first kappa shape index (κ1) is 11.9. The second-order valence-corrected chi connectivity index (χ2v) is 5.52. The molecule has 92 valence electrons. The summed E-state index contributed by atoms with van der Waals surface area (Å²) in [4.78, 5) is 11.7. The van der Waals surface area contributed by atoms with Crippen LogP contribution in [0.3, 0.4) is 0 Å². The zero-order valence-electron chi connectivity index (χ0n) is 10.3. The number of nitrogens with one attached hydrogen (secondary N) is 2. The van der Waals surface area contributed by atoms with Gasteiger partial charge in [0.05, 0.1) is 0 Å². The summed E-state index contributed by atoms with van der Waals surface area (Å²) in [5, 5.41) is 6.42. The van der Waals surface area contributed by atoms with Gasteiger partial charge in [-0.05, 0) is 56.5 Å². The Labute approximate surface area is 98.4 Å². The molecule has 0 aromatic heterocycles. The largest absolute Gasteiger partial charge is 0.356 e. The van der Waals surface area contributed by atoms with E-state index < -0.39 is 0 Å². The minimum Gasteiger partial charge on any atom is -0.356 e. The van der Waals surface area contributed by atoms with Crippen LogP contribution in [0.25, 0.3) is 0 Å². The van der Waals surface area contributed by atoms with Gasteiger partial charge in [0.1, 0.15) is 0 Å². The van der Waals surface area contributed by atoms with E-state index in [0.29, 0.717) is 11.8 Å². The van der Waals surface area contributed by atoms with Crippen molar-refractivity contribution in [1.29, 1.82) is 0 Å². The van der Waals surface area contributed by atoms with Crippen molar-refractivity contribution in [2.24, 2.45) is 17.8 Å². The van der Waals surface area contributed by atoms with E-state index in [4.69, 9.17) is 0 Å². The fraction of sp³-hybridized carbons (Fsp3) is 0.923. The Morgan fingerprint density at radius 2 is 2.00 bits per heavy atom. The topological polar surface area (TPSA) is 41.1 Å². The Hall–Kier alpha value is -0.570. The molecule has 2 N–H and O–H groups in total. The number of amides is 1. The highest BCUT2D eigenvalue weighted by atomic mass is 16.1. The Balaban J connectivity index is 1.59. The summed E-state index contributed by atoms with van der Waals surface area (Å²) in [6, 6.07) is 0. The fourth-order valence-corrected chi connectivity index (χ4v) is 2.53. The molecule has 2 rings (SSSR count). The predicted molar refractivity (Wildman–Crippen MR) is 65.1 cm³/mol. The molecule has 1 atom stereocenters. The molecule has 1 saturated carbocycles. The van der Waals surface area contributed by atoms with Gasteiger partial charge in [0.2, 0.25) is 5.91 Å². The van der Waals surface area contributed by atoms with E-state index in [0.717, 1.165) is 44.8 Å². The van der Waals surface area contributed by atoms with Crippen LogP contribution in [0.2, 0.25) is 0 Å². The molecule has 2 fully saturated rings. The van der Waals surface area contributed by atoms with Crippen LogP contribution >= 0.6 is 0 Å². The SMILES string of the molecule is CC(CNC(=O)CC1CCNCC1)C1CC1. The van der Waals surface area contributed by atoms with Crippen molar-refractivity contribution in [1.82, 2.24) is 10.6 Å². The monoisotopic (exact) mass is 224 g/mol. The highest BCUT2D eigenvalue weighted by Crippen LogP contribution is 2.36. The van der Waals surface area contributed by atoms with Crippen LogP contribution in [-0.2, 0) is 4.79 Å². The quantitative estimate of drug-likeness (QED) is 0.743. The maximum absolute atomic E-state index is 11.7. The van der Waals surface area contributed by atoms with Gasteiger partial charge in [-0.1, -0.05) is 6.92 Å². The number of piperidine rings is 1. The van der Waals surface area contributed by atoms with Crippen LogP contribution in [0.5, 0.6) is 0 Å². The number of hydrogen-bond acceptors (Lipinski definition) is 2. The van der Waals surface area contributed by atoms with E-state index >= 15 is 0 Å². The highest BCUT2D eigenvalue weighted by molar-refractivity contribution is 5.76. The Morgan fingerprint density at radius 1 is 1.31 bits per heavy atom. The zero-order chi connectivity index (χ0) is 11.4. The molecule has 0 radical (unpaired) electrons. The molecule has 1 saturated heterocycles. The molecule has 16 heavy (non-hydrogen) atoms. The van der Waals surface area contributed by atoms with Crippen molar-refractivity contribution in [3.05, 3.63) is 0 Å². The molecular weight excluding hydrogens is 200 g/mol. The summed E-state index contributed by atoms with van der Waals surface area (Å²) in [6.07, 6.45) is 5.78. The summed E-state index contributed by atoms with van der Waals surface area (Å²) < 4.78 is 0. The maximum Gasteiger partial charge on any atom is 0.220 e. The number of carbonyl (C=O) groups is 1. The molecule has 0 spiro atoms. The van der Waals surface area contributed by atoms with Gasteiger partial charge < -0.3 is 10.6 Å². The molecule has 1 aliphatic heterocycles. The molecule has 1 unspecified atom stereocenters. The molecule has 1 heterocycles. The first-order valence-electron chi connectivity index (χ1n) is 6.73. The normalized spacial score (nSPS) is 24.1. The number of carbonyl (C=O) groups excluding carboxylic acids is 1. The molecule has 0 bridgehead atoms. The van der Waals surface area contributed by atoms with Gasteiger partial charge in [-0.2, -0.15) is 0 Å². The third-order valence-corrected chi connectivity index (χ3v) is 3.98. The van der Waals surface area contributed by atoms with E-state index in [1.807, 2.05) is 0 Å². The van der Waals surface area contributed by atoms with E-state index in [9.17, 15) is 4.79 Å². The lowest BCUT2D eigenvalue weighted by Gasteiger charge is -2.22. The van der Waals surface area contributed by atoms with Crippen LogP contribution in [0.15, 0.2) is 0 Å². The predicted octanol–water partition coefficient (Wildman–Crippen LogP) is 1.54. The zero-order valence-corrected chi connectivity index (χ0v) is 10.3. The highest BCUT2D eigenvalue weighted by Gasteiger charge is 2.28. The van der Waals surface area contributed by atoms with Crippen LogP contribution in [0.4, 0.5) is 0 Å². The first-order valence-corrected chi connectivity index (χ1v) is 6.73. The molecule has 3 heteroatoms. The van der Waals surface area contributed by atoms with Crippen LogP contribution in [-0.4, -0.2) is 25.5 Å². The summed E-state index contributed by atoms with van der Waals surface area (Å²) in [5.41, 5.74) is 0. The minimum absolute atomic E-state index is 0.263. The van der Waals surface area contributed by atoms with Crippen molar-refractivity contribution in [2.45, 2.75) is 39.0 Å². The first-order chi connectivity index (χ1) is 7.75. The van der Waals surface area contributed by atoms with Gasteiger partial charge in [0, 0.05) is 13.0 Å². The smallest absolute Gasteiger partial charge is 0.220 e. The van der Waals surface area contributed by atoms with Crippen molar-refractivity contribution in [3.63, 3.8) is 0 Å². The molecule has 3 nitrogen and oxygen atoms in total. The van der Waals surface area contributed by atoms with Crippen LogP contribution in [0.1, 0.15) is 39.0 Å². The van der Waals surface area contributed by atoms with Crippen molar-refractivity contribution in [3.8, 4) is 0 Å². The van der Waals surface area contributed by atoms with Gasteiger partial charge in [-0.15, -0.1) is 0 Å². The van der Waals surface area contributed by atoms with Crippen molar-refractivity contribution < 1.29 is 4.79 Å². The van der Waals surface area contributed by atoms with E-state index in [-0.39, 0.29) is 5.91 Å². The Kier molecular flexibility index (Phi) is 4.22. The van der Waals surface area contributed by atoms with Crippen molar-refractivity contribution in [2.75, 3.05) is 19.6 Å². The average Bonchev–Trinajstić information content (AvgIpc) is 3.11. The number of hydrogen-bond donors (Lipinski definition) is 2. The maximum atomic E-state index is 11.7. The lowest BCUT2D eigenvalue weighted by Crippen LogP contribution is -2.34. The molecular formula is C13H24N2O. The molecule has 0 aromatic rings. The van der Waals surface area contributed by atoms with E-state index in [1.54, 1.807) is 0 Å². The molecule has 2 aliphatic rings. The summed E-state index contributed by atoms with van der Waals surface area (Å²) in [5.74, 6) is 2.44. The van der Waals surface area contributed by atoms with Gasteiger partial charge in [-0.3, -0.25) is 4.79 Å². The minimum atomic E-state index is 0.263. The Bertz CT molecular complexity index is 232. The number of rotatable bonds is 5.